The number of hydrogen-bond acceptors (Lipinski definition) is 4. The topological polar surface area (TPSA) is 63.4 Å². The molecule has 0 saturated carbocycles. The summed E-state index contributed by atoms with van der Waals surface area (Å²) in [5.41, 5.74) is 0.116. The Morgan fingerprint density at radius 1 is 1.11 bits per heavy atom. The highest BCUT2D eigenvalue weighted by Crippen LogP contribution is 2.32. The van der Waals surface area contributed by atoms with Crippen LogP contribution in [0.15, 0.2) is 52.3 Å². The smallest absolute Gasteiger partial charge is 0.282 e. The van der Waals surface area contributed by atoms with E-state index in [0.717, 1.165) is 9.79 Å². The number of rotatable bonds is 3. The van der Waals surface area contributed by atoms with Gasteiger partial charge in [0.05, 0.1) is 8.49 Å². The van der Waals surface area contributed by atoms with Crippen LogP contribution >= 0.6 is 34.4 Å². The van der Waals surface area contributed by atoms with E-state index in [2.05, 4.69) is 0 Å². The van der Waals surface area contributed by atoms with Crippen molar-refractivity contribution in [1.29, 1.82) is 0 Å². The lowest BCUT2D eigenvalue weighted by Crippen LogP contribution is -1.91. The van der Waals surface area contributed by atoms with E-state index in [1.807, 2.05) is 22.6 Å². The van der Waals surface area contributed by atoms with E-state index in [1.165, 1.54) is 17.8 Å². The Labute approximate surface area is 121 Å². The summed E-state index contributed by atoms with van der Waals surface area (Å²) in [6.45, 7) is 0. The summed E-state index contributed by atoms with van der Waals surface area (Å²) in [5, 5.41) is 19.9. The summed E-state index contributed by atoms with van der Waals surface area (Å²) in [6, 6.07) is 11.8. The molecule has 18 heavy (non-hydrogen) atoms. The molecule has 1 N–H and O–H groups in total. The van der Waals surface area contributed by atoms with Gasteiger partial charge in [0.2, 0.25) is 0 Å². The second-order valence-corrected chi connectivity index (χ2v) is 5.78. The van der Waals surface area contributed by atoms with Crippen LogP contribution in [0.1, 0.15) is 0 Å². The summed E-state index contributed by atoms with van der Waals surface area (Å²) in [5.74, 6) is 0.220. The van der Waals surface area contributed by atoms with Crippen molar-refractivity contribution in [3.05, 3.63) is 56.1 Å². The number of nitro groups is 1. The van der Waals surface area contributed by atoms with Crippen molar-refractivity contribution in [3.63, 3.8) is 0 Å². The van der Waals surface area contributed by atoms with Gasteiger partial charge in [-0.05, 0) is 59.0 Å². The molecule has 2 aromatic rings. The molecule has 6 heteroatoms. The van der Waals surface area contributed by atoms with Gasteiger partial charge in [0.15, 0.2) is 0 Å². The molecule has 0 bridgehead atoms. The Kier molecular flexibility index (Phi) is 4.07. The first-order valence-corrected chi connectivity index (χ1v) is 6.86. The third-order valence-electron chi connectivity index (χ3n) is 2.19. The third-order valence-corrected chi connectivity index (χ3v) is 4.05. The minimum absolute atomic E-state index is 0.116. The fourth-order valence-electron chi connectivity index (χ4n) is 1.35. The zero-order valence-corrected chi connectivity index (χ0v) is 12.0. The van der Waals surface area contributed by atoms with Crippen LogP contribution in [0, 0.1) is 13.7 Å². The summed E-state index contributed by atoms with van der Waals surface area (Å²) in [7, 11) is 0. The lowest BCUT2D eigenvalue weighted by Gasteiger charge is -2.03. The molecular weight excluding hydrogens is 365 g/mol. The van der Waals surface area contributed by atoms with Gasteiger partial charge < -0.3 is 5.11 Å². The van der Waals surface area contributed by atoms with Gasteiger partial charge in [-0.3, -0.25) is 10.1 Å². The highest BCUT2D eigenvalue weighted by Gasteiger charge is 2.11. The van der Waals surface area contributed by atoms with Crippen LogP contribution in [0.5, 0.6) is 5.75 Å². The van der Waals surface area contributed by atoms with Gasteiger partial charge in [-0.25, -0.2) is 0 Å². The average Bonchev–Trinajstić information content (AvgIpc) is 2.32. The van der Waals surface area contributed by atoms with E-state index in [1.54, 1.807) is 36.4 Å². The summed E-state index contributed by atoms with van der Waals surface area (Å²) >= 11 is 3.45. The number of hydrogen-bond donors (Lipinski definition) is 1. The Balaban J connectivity index is 2.22. The molecule has 0 heterocycles. The second kappa shape index (κ2) is 5.57. The maximum Gasteiger partial charge on any atom is 0.282 e. The number of halogens is 1. The minimum Gasteiger partial charge on any atom is -0.508 e. The zero-order chi connectivity index (χ0) is 13.1. The van der Waals surface area contributed by atoms with Gasteiger partial charge in [-0.1, -0.05) is 11.8 Å². The molecule has 0 amide bonds. The minimum atomic E-state index is -0.392. The van der Waals surface area contributed by atoms with E-state index in [4.69, 9.17) is 0 Å². The van der Waals surface area contributed by atoms with Crippen LogP contribution in [0.4, 0.5) is 5.69 Å². The quantitative estimate of drug-likeness (QED) is 0.501. The van der Waals surface area contributed by atoms with E-state index in [0.29, 0.717) is 3.57 Å². The largest absolute Gasteiger partial charge is 0.508 e. The maximum atomic E-state index is 10.7. The Morgan fingerprint density at radius 3 is 2.28 bits per heavy atom. The van der Waals surface area contributed by atoms with E-state index in [9.17, 15) is 15.2 Å². The van der Waals surface area contributed by atoms with Crippen molar-refractivity contribution in [3.8, 4) is 5.75 Å². The normalized spacial score (nSPS) is 10.3. The molecule has 0 spiro atoms. The predicted octanol–water partition coefficient (Wildman–Crippen LogP) is 4.06. The molecule has 2 aromatic carbocycles. The van der Waals surface area contributed by atoms with Crippen LogP contribution in [0.25, 0.3) is 0 Å². The van der Waals surface area contributed by atoms with Gasteiger partial charge in [0.1, 0.15) is 5.75 Å². The molecule has 0 aromatic heterocycles. The molecule has 0 radical (unpaired) electrons. The Bertz CT molecular complexity index is 586. The first-order valence-electron chi connectivity index (χ1n) is 4.97. The lowest BCUT2D eigenvalue weighted by molar-refractivity contribution is -0.385. The fourth-order valence-corrected chi connectivity index (χ4v) is 3.13. The number of aromatic hydroxyl groups is 1. The van der Waals surface area contributed by atoms with Crippen LogP contribution in [-0.4, -0.2) is 10.0 Å². The summed E-state index contributed by atoms with van der Waals surface area (Å²) < 4.78 is 0.612. The second-order valence-electron chi connectivity index (χ2n) is 3.47. The molecule has 2 rings (SSSR count). The fraction of sp³-hybridized carbons (Fsp3) is 0. The number of nitro benzene ring substituents is 1. The van der Waals surface area contributed by atoms with Crippen molar-refractivity contribution >= 4 is 40.0 Å². The third kappa shape index (κ3) is 3.14. The van der Waals surface area contributed by atoms with Crippen molar-refractivity contribution in [2.24, 2.45) is 0 Å². The number of benzene rings is 2. The van der Waals surface area contributed by atoms with Crippen molar-refractivity contribution < 1.29 is 10.0 Å². The summed E-state index contributed by atoms with van der Waals surface area (Å²) in [6.07, 6.45) is 0. The molecular formula is C12H8INO3S. The molecule has 0 atom stereocenters. The standard InChI is InChI=1S/C12H8INO3S/c13-11-7-10(5-6-12(11)14(16)17)18-9-3-1-8(15)2-4-9/h1-7,15H. The van der Waals surface area contributed by atoms with Gasteiger partial charge in [0.25, 0.3) is 5.69 Å². The maximum absolute atomic E-state index is 10.7. The van der Waals surface area contributed by atoms with Crippen LogP contribution < -0.4 is 0 Å². The van der Waals surface area contributed by atoms with Gasteiger partial charge in [-0.2, -0.15) is 0 Å². The van der Waals surface area contributed by atoms with Gasteiger partial charge >= 0.3 is 0 Å². The number of phenols is 1. The van der Waals surface area contributed by atoms with E-state index < -0.39 is 4.92 Å². The highest BCUT2D eigenvalue weighted by atomic mass is 127. The van der Waals surface area contributed by atoms with Crippen molar-refractivity contribution in [2.75, 3.05) is 0 Å². The van der Waals surface area contributed by atoms with Crippen molar-refractivity contribution in [2.45, 2.75) is 9.79 Å². The summed E-state index contributed by atoms with van der Waals surface area (Å²) in [4.78, 5) is 12.2. The molecule has 0 aliphatic carbocycles. The molecule has 0 fully saturated rings. The molecule has 0 unspecified atom stereocenters. The molecule has 4 nitrogen and oxygen atoms in total. The lowest BCUT2D eigenvalue weighted by atomic mass is 10.3. The highest BCUT2D eigenvalue weighted by molar-refractivity contribution is 14.1. The number of phenolic OH excluding ortho intramolecular Hbond substituents is 1. The average molecular weight is 373 g/mol. The van der Waals surface area contributed by atoms with E-state index >= 15 is 0 Å². The number of nitrogens with zero attached hydrogens (tertiary/aromatic N) is 1. The van der Waals surface area contributed by atoms with E-state index in [-0.39, 0.29) is 11.4 Å². The molecule has 0 aliphatic heterocycles. The molecule has 92 valence electrons. The zero-order valence-electron chi connectivity index (χ0n) is 9.04. The van der Waals surface area contributed by atoms with Crippen molar-refractivity contribution in [1.82, 2.24) is 0 Å². The SMILES string of the molecule is O=[N+]([O-])c1ccc(Sc2ccc(O)cc2)cc1I. The predicted molar refractivity (Wildman–Crippen MR) is 78.0 cm³/mol. The Hall–Kier alpha value is -1.28. The van der Waals surface area contributed by atoms with Gasteiger partial charge in [-0.15, -0.1) is 0 Å². The first kappa shape index (κ1) is 13.2. The Morgan fingerprint density at radius 2 is 1.72 bits per heavy atom. The van der Waals surface area contributed by atoms with Gasteiger partial charge in [0, 0.05) is 15.9 Å². The van der Waals surface area contributed by atoms with Crippen LogP contribution in [-0.2, 0) is 0 Å². The molecule has 0 saturated heterocycles. The monoisotopic (exact) mass is 373 g/mol. The first-order chi connectivity index (χ1) is 8.56. The molecule has 0 aliphatic rings. The van der Waals surface area contributed by atoms with Crippen LogP contribution in [0.3, 0.4) is 0 Å². The van der Waals surface area contributed by atoms with Crippen LogP contribution in [0.2, 0.25) is 0 Å².